The fourth-order valence-electron chi connectivity index (χ4n) is 3.25. The average Bonchev–Trinajstić information content (AvgIpc) is 3.20. The molecule has 1 saturated heterocycles. The zero-order chi connectivity index (χ0) is 15.8. The Morgan fingerprint density at radius 3 is 2.65 bits per heavy atom. The zero-order valence-corrected chi connectivity index (χ0v) is 12.7. The summed E-state index contributed by atoms with van der Waals surface area (Å²) < 4.78 is 5.31. The molecule has 2 aromatic carbocycles. The third kappa shape index (κ3) is 2.45. The second-order valence-electron chi connectivity index (χ2n) is 6.07. The van der Waals surface area contributed by atoms with E-state index in [0.717, 1.165) is 24.2 Å². The number of amides is 1. The minimum Gasteiger partial charge on any atom is -0.381 e. The standard InChI is InChI=1S/C19H17NO3/c21-18-16-4-2-1-3-14(16)15-6-5-13(9-17(15)18)19(22)20-10-12-7-8-23-11-12/h1-6,9,12H,7-8,10-11H2,(H,20,22). The molecule has 1 aliphatic carbocycles. The van der Waals surface area contributed by atoms with E-state index in [-0.39, 0.29) is 11.7 Å². The van der Waals surface area contributed by atoms with Gasteiger partial charge >= 0.3 is 0 Å². The molecule has 4 rings (SSSR count). The third-order valence-electron chi connectivity index (χ3n) is 4.56. The highest BCUT2D eigenvalue weighted by Crippen LogP contribution is 2.36. The van der Waals surface area contributed by atoms with E-state index in [1.54, 1.807) is 12.1 Å². The molecule has 0 spiro atoms. The number of rotatable bonds is 3. The smallest absolute Gasteiger partial charge is 0.251 e. The minimum atomic E-state index is -0.136. The molecular weight excluding hydrogens is 290 g/mol. The van der Waals surface area contributed by atoms with Crippen molar-refractivity contribution in [2.75, 3.05) is 19.8 Å². The Kier molecular flexibility index (Phi) is 3.46. The first-order valence-corrected chi connectivity index (χ1v) is 7.88. The van der Waals surface area contributed by atoms with Gasteiger partial charge in [-0.25, -0.2) is 0 Å². The molecular formula is C19H17NO3. The molecule has 1 unspecified atom stereocenters. The van der Waals surface area contributed by atoms with E-state index in [1.165, 1.54) is 0 Å². The fourth-order valence-corrected chi connectivity index (χ4v) is 3.25. The molecule has 4 nitrogen and oxygen atoms in total. The number of carbonyl (C=O) groups excluding carboxylic acids is 2. The number of ketones is 1. The molecule has 0 bridgehead atoms. The van der Waals surface area contributed by atoms with Gasteiger partial charge in [-0.05, 0) is 29.7 Å². The Hall–Kier alpha value is -2.46. The molecule has 1 heterocycles. The van der Waals surface area contributed by atoms with E-state index in [9.17, 15) is 9.59 Å². The molecule has 1 N–H and O–H groups in total. The van der Waals surface area contributed by atoms with Gasteiger partial charge in [0.2, 0.25) is 0 Å². The van der Waals surface area contributed by atoms with Crippen molar-refractivity contribution in [2.45, 2.75) is 6.42 Å². The summed E-state index contributed by atoms with van der Waals surface area (Å²) in [5, 5.41) is 2.94. The maximum atomic E-state index is 12.5. The lowest BCUT2D eigenvalue weighted by atomic mass is 10.0. The summed E-state index contributed by atoms with van der Waals surface area (Å²) in [5.41, 5.74) is 3.71. The van der Waals surface area contributed by atoms with Gasteiger partial charge in [-0.15, -0.1) is 0 Å². The van der Waals surface area contributed by atoms with Gasteiger partial charge in [-0.1, -0.05) is 30.3 Å². The summed E-state index contributed by atoms with van der Waals surface area (Å²) in [5.74, 6) is 0.247. The van der Waals surface area contributed by atoms with Crippen LogP contribution in [0.15, 0.2) is 42.5 Å². The maximum Gasteiger partial charge on any atom is 0.251 e. The molecule has 1 fully saturated rings. The number of hydrogen-bond acceptors (Lipinski definition) is 3. The predicted octanol–water partition coefficient (Wildman–Crippen LogP) is 2.66. The van der Waals surface area contributed by atoms with Gasteiger partial charge in [0, 0.05) is 35.8 Å². The SMILES string of the molecule is O=C(NCC1CCOC1)c1ccc2c(c1)C(=O)c1ccccc1-2. The Labute approximate surface area is 134 Å². The maximum absolute atomic E-state index is 12.5. The molecule has 2 aromatic rings. The van der Waals surface area contributed by atoms with Crippen molar-refractivity contribution in [3.8, 4) is 11.1 Å². The minimum absolute atomic E-state index is 0.00515. The topological polar surface area (TPSA) is 55.4 Å². The monoisotopic (exact) mass is 307 g/mol. The summed E-state index contributed by atoms with van der Waals surface area (Å²) in [6.45, 7) is 2.09. The highest BCUT2D eigenvalue weighted by Gasteiger charge is 2.27. The Balaban J connectivity index is 1.56. The van der Waals surface area contributed by atoms with Gasteiger partial charge in [0.15, 0.2) is 5.78 Å². The van der Waals surface area contributed by atoms with Crippen LogP contribution in [0.5, 0.6) is 0 Å². The van der Waals surface area contributed by atoms with Crippen molar-refractivity contribution < 1.29 is 14.3 Å². The lowest BCUT2D eigenvalue weighted by Crippen LogP contribution is -2.29. The van der Waals surface area contributed by atoms with Crippen molar-refractivity contribution in [3.05, 3.63) is 59.2 Å². The molecule has 0 saturated carbocycles. The van der Waals surface area contributed by atoms with Crippen molar-refractivity contribution in [2.24, 2.45) is 5.92 Å². The van der Waals surface area contributed by atoms with Crippen LogP contribution in [0.1, 0.15) is 32.7 Å². The van der Waals surface area contributed by atoms with Crippen molar-refractivity contribution >= 4 is 11.7 Å². The molecule has 1 aliphatic heterocycles. The van der Waals surface area contributed by atoms with Crippen LogP contribution in [-0.2, 0) is 4.74 Å². The highest BCUT2D eigenvalue weighted by molar-refractivity contribution is 6.22. The van der Waals surface area contributed by atoms with E-state index in [4.69, 9.17) is 4.74 Å². The fraction of sp³-hybridized carbons (Fsp3) is 0.263. The number of benzene rings is 2. The Bertz CT molecular complexity index is 791. The zero-order valence-electron chi connectivity index (χ0n) is 12.7. The van der Waals surface area contributed by atoms with Crippen molar-refractivity contribution in [1.82, 2.24) is 5.32 Å². The number of hydrogen-bond donors (Lipinski definition) is 1. The van der Waals surface area contributed by atoms with Gasteiger partial charge in [-0.2, -0.15) is 0 Å². The molecule has 0 radical (unpaired) electrons. The lowest BCUT2D eigenvalue weighted by molar-refractivity contribution is 0.0945. The molecule has 4 heteroatoms. The van der Waals surface area contributed by atoms with E-state index >= 15 is 0 Å². The van der Waals surface area contributed by atoms with E-state index in [2.05, 4.69) is 5.32 Å². The average molecular weight is 307 g/mol. The van der Waals surface area contributed by atoms with Crippen LogP contribution in [0.3, 0.4) is 0 Å². The molecule has 1 atom stereocenters. The highest BCUT2D eigenvalue weighted by atomic mass is 16.5. The largest absolute Gasteiger partial charge is 0.381 e. The van der Waals surface area contributed by atoms with Crippen LogP contribution < -0.4 is 5.32 Å². The number of ether oxygens (including phenoxy) is 1. The number of carbonyl (C=O) groups is 2. The van der Waals surface area contributed by atoms with Crippen LogP contribution >= 0.6 is 0 Å². The van der Waals surface area contributed by atoms with E-state index in [1.807, 2.05) is 30.3 Å². The first kappa shape index (κ1) is 14.2. The number of nitrogens with one attached hydrogen (secondary N) is 1. The first-order chi connectivity index (χ1) is 11.2. The van der Waals surface area contributed by atoms with Crippen LogP contribution in [0, 0.1) is 5.92 Å². The summed E-state index contributed by atoms with van der Waals surface area (Å²) in [6.07, 6.45) is 0.984. The number of fused-ring (bicyclic) bond motifs is 3. The van der Waals surface area contributed by atoms with Gasteiger partial charge in [-0.3, -0.25) is 9.59 Å². The van der Waals surface area contributed by atoms with Crippen LogP contribution in [0.25, 0.3) is 11.1 Å². The first-order valence-electron chi connectivity index (χ1n) is 7.88. The summed E-state index contributed by atoms with van der Waals surface area (Å²) >= 11 is 0. The quantitative estimate of drug-likeness (QED) is 0.809. The van der Waals surface area contributed by atoms with Gasteiger partial charge in [0.1, 0.15) is 0 Å². The van der Waals surface area contributed by atoms with Crippen LogP contribution in [-0.4, -0.2) is 31.4 Å². The third-order valence-corrected chi connectivity index (χ3v) is 4.56. The molecule has 23 heavy (non-hydrogen) atoms. The molecule has 2 aliphatic rings. The van der Waals surface area contributed by atoms with Crippen molar-refractivity contribution in [3.63, 3.8) is 0 Å². The lowest BCUT2D eigenvalue weighted by Gasteiger charge is -2.10. The normalized spacial score (nSPS) is 18.6. The van der Waals surface area contributed by atoms with Gasteiger partial charge in [0.05, 0.1) is 6.61 Å². The second-order valence-corrected chi connectivity index (χ2v) is 6.07. The summed E-state index contributed by atoms with van der Waals surface area (Å²) in [6, 6.07) is 12.9. The van der Waals surface area contributed by atoms with Gasteiger partial charge < -0.3 is 10.1 Å². The summed E-state index contributed by atoms with van der Waals surface area (Å²) in [7, 11) is 0. The predicted molar refractivity (Wildman–Crippen MR) is 86.6 cm³/mol. The Morgan fingerprint density at radius 2 is 1.87 bits per heavy atom. The summed E-state index contributed by atoms with van der Waals surface area (Å²) in [4.78, 5) is 24.8. The van der Waals surface area contributed by atoms with Gasteiger partial charge in [0.25, 0.3) is 5.91 Å². The van der Waals surface area contributed by atoms with Crippen LogP contribution in [0.2, 0.25) is 0 Å². The van der Waals surface area contributed by atoms with E-state index < -0.39 is 0 Å². The second kappa shape index (κ2) is 5.63. The van der Waals surface area contributed by atoms with Crippen molar-refractivity contribution in [1.29, 1.82) is 0 Å². The molecule has 0 aromatic heterocycles. The van der Waals surface area contributed by atoms with E-state index in [0.29, 0.717) is 35.8 Å². The Morgan fingerprint density at radius 1 is 1.09 bits per heavy atom. The van der Waals surface area contributed by atoms with Crippen LogP contribution in [0.4, 0.5) is 0 Å². The molecule has 1 amide bonds. The molecule has 116 valence electrons.